The molecule has 0 saturated heterocycles. The maximum Gasteiger partial charge on any atom is 0.472 e. The Labute approximate surface area is 298 Å². The van der Waals surface area contributed by atoms with E-state index in [0.717, 1.165) is 57.8 Å². The number of allylic oxidation sites excluding steroid dienone is 4. The first kappa shape index (κ1) is 47.4. The quantitative estimate of drug-likeness (QED) is 0.0248. The minimum Gasteiger partial charge on any atom is -0.462 e. The van der Waals surface area contributed by atoms with Crippen LogP contribution in [0.1, 0.15) is 168 Å². The van der Waals surface area contributed by atoms with Gasteiger partial charge in [-0.15, -0.1) is 0 Å². The number of aliphatic hydroxyl groups excluding tert-OH is 2. The molecule has 0 aromatic carbocycles. The van der Waals surface area contributed by atoms with Crippen molar-refractivity contribution in [2.45, 2.75) is 180 Å². The lowest BCUT2D eigenvalue weighted by Gasteiger charge is -2.20. The summed E-state index contributed by atoms with van der Waals surface area (Å²) in [5, 5.41) is 18.3. The summed E-state index contributed by atoms with van der Waals surface area (Å²) in [4.78, 5) is 34.8. The molecule has 0 aliphatic carbocycles. The zero-order chi connectivity index (χ0) is 36.3. The Balaban J connectivity index is 4.36. The van der Waals surface area contributed by atoms with Gasteiger partial charge in [-0.25, -0.2) is 4.57 Å². The Bertz CT molecular complexity index is 879. The molecule has 1 unspecified atom stereocenters. The van der Waals surface area contributed by atoms with Gasteiger partial charge in [0.25, 0.3) is 0 Å². The minimum atomic E-state index is -4.61. The molecule has 0 saturated carbocycles. The molecule has 0 fully saturated rings. The number of esters is 2. The Kier molecular flexibility index (Phi) is 33.8. The fourth-order valence-electron chi connectivity index (χ4n) is 5.01. The average Bonchev–Trinajstić information content (AvgIpc) is 3.09. The van der Waals surface area contributed by atoms with E-state index >= 15 is 0 Å². The highest BCUT2D eigenvalue weighted by Crippen LogP contribution is 2.43. The molecule has 3 N–H and O–H groups in total. The highest BCUT2D eigenvalue weighted by atomic mass is 31.2. The van der Waals surface area contributed by atoms with Gasteiger partial charge in [-0.2, -0.15) is 0 Å². The van der Waals surface area contributed by atoms with Gasteiger partial charge >= 0.3 is 19.8 Å². The molecule has 0 aromatic heterocycles. The van der Waals surface area contributed by atoms with Crippen molar-refractivity contribution in [3.63, 3.8) is 0 Å². The second-order valence-corrected chi connectivity index (χ2v) is 14.4. The molecule has 0 aromatic rings. The van der Waals surface area contributed by atoms with Crippen LogP contribution in [0.4, 0.5) is 0 Å². The highest BCUT2D eigenvalue weighted by molar-refractivity contribution is 7.47. The number of unbranched alkanes of at least 4 members (excludes halogenated alkanes) is 18. The minimum absolute atomic E-state index is 0.181. The molecule has 0 bridgehead atoms. The SMILES string of the molecule is CCCC/C=C/CCCCCCCCCCCC(=O)O[C@H](COC(=O)CCCCCCC/C=C/CCCC)COP(=O)(O)OC[C@@H](O)CO. The maximum absolute atomic E-state index is 12.5. The van der Waals surface area contributed by atoms with Crippen molar-refractivity contribution < 1.29 is 47.8 Å². The van der Waals surface area contributed by atoms with Crippen molar-refractivity contribution in [3.05, 3.63) is 24.3 Å². The molecule has 10 nitrogen and oxygen atoms in total. The van der Waals surface area contributed by atoms with Gasteiger partial charge in [0.1, 0.15) is 12.7 Å². The van der Waals surface area contributed by atoms with Gasteiger partial charge in [-0.1, -0.05) is 128 Å². The second kappa shape index (κ2) is 34.9. The van der Waals surface area contributed by atoms with Crippen LogP contribution >= 0.6 is 7.82 Å². The predicted octanol–water partition coefficient (Wildman–Crippen LogP) is 9.44. The molecule has 3 atom stereocenters. The Morgan fingerprint density at radius 1 is 0.592 bits per heavy atom. The molecular weight excluding hydrogens is 647 g/mol. The topological polar surface area (TPSA) is 149 Å². The van der Waals surface area contributed by atoms with Gasteiger partial charge in [0.05, 0.1) is 19.8 Å². The summed E-state index contributed by atoms with van der Waals surface area (Å²) in [7, 11) is -4.61. The molecule has 0 heterocycles. The second-order valence-electron chi connectivity index (χ2n) is 12.9. The number of phosphoric ester groups is 1. The number of aliphatic hydroxyl groups is 2. The van der Waals surface area contributed by atoms with Crippen LogP contribution in [0.3, 0.4) is 0 Å². The summed E-state index contributed by atoms with van der Waals surface area (Å²) >= 11 is 0. The predicted molar refractivity (Wildman–Crippen MR) is 196 cm³/mol. The van der Waals surface area contributed by atoms with Crippen molar-refractivity contribution in [3.8, 4) is 0 Å². The number of ether oxygens (including phenoxy) is 2. The summed E-state index contributed by atoms with van der Waals surface area (Å²) in [6.07, 6.45) is 31.5. The van der Waals surface area contributed by atoms with E-state index < -0.39 is 51.8 Å². The third-order valence-electron chi connectivity index (χ3n) is 8.08. The van der Waals surface area contributed by atoms with Gasteiger partial charge < -0.3 is 24.6 Å². The van der Waals surface area contributed by atoms with E-state index in [0.29, 0.717) is 12.8 Å². The van der Waals surface area contributed by atoms with Crippen molar-refractivity contribution in [2.24, 2.45) is 0 Å². The van der Waals surface area contributed by atoms with E-state index in [4.69, 9.17) is 19.1 Å². The van der Waals surface area contributed by atoms with Crippen LogP contribution in [0.15, 0.2) is 24.3 Å². The number of phosphoric acid groups is 1. The van der Waals surface area contributed by atoms with Gasteiger partial charge in [-0.05, 0) is 51.4 Å². The van der Waals surface area contributed by atoms with Gasteiger partial charge in [0.15, 0.2) is 6.10 Å². The molecule has 0 aliphatic heterocycles. The first-order chi connectivity index (χ1) is 23.7. The van der Waals surface area contributed by atoms with Crippen LogP contribution in [-0.2, 0) is 32.7 Å². The lowest BCUT2D eigenvalue weighted by Crippen LogP contribution is -2.29. The van der Waals surface area contributed by atoms with Crippen LogP contribution in [0, 0.1) is 0 Å². The summed E-state index contributed by atoms with van der Waals surface area (Å²) in [6, 6.07) is 0. The molecule has 0 radical (unpaired) electrons. The van der Waals surface area contributed by atoms with Gasteiger partial charge in [-0.3, -0.25) is 18.6 Å². The lowest BCUT2D eigenvalue weighted by molar-refractivity contribution is -0.161. The van der Waals surface area contributed by atoms with Crippen LogP contribution in [0.2, 0.25) is 0 Å². The van der Waals surface area contributed by atoms with E-state index in [9.17, 15) is 24.2 Å². The zero-order valence-corrected chi connectivity index (χ0v) is 31.8. The first-order valence-electron chi connectivity index (χ1n) is 19.3. The Morgan fingerprint density at radius 3 is 1.47 bits per heavy atom. The molecule has 0 spiro atoms. The molecule has 11 heteroatoms. The molecule has 0 amide bonds. The van der Waals surface area contributed by atoms with Crippen LogP contribution < -0.4 is 0 Å². The molecule has 288 valence electrons. The molecular formula is C38H71O10P. The fraction of sp³-hybridized carbons (Fsp3) is 0.842. The Morgan fingerprint density at radius 2 is 1.00 bits per heavy atom. The number of hydrogen-bond acceptors (Lipinski definition) is 9. The van der Waals surface area contributed by atoms with E-state index in [-0.39, 0.29) is 19.4 Å². The summed E-state index contributed by atoms with van der Waals surface area (Å²) in [5.74, 6) is -0.938. The van der Waals surface area contributed by atoms with E-state index in [1.54, 1.807) is 0 Å². The van der Waals surface area contributed by atoms with Crippen molar-refractivity contribution in [2.75, 3.05) is 26.4 Å². The Hall–Kier alpha value is -1.55. The van der Waals surface area contributed by atoms with Crippen molar-refractivity contribution in [1.29, 1.82) is 0 Å². The highest BCUT2D eigenvalue weighted by Gasteiger charge is 2.27. The van der Waals surface area contributed by atoms with Gasteiger partial charge in [0.2, 0.25) is 0 Å². The first-order valence-corrected chi connectivity index (χ1v) is 20.8. The van der Waals surface area contributed by atoms with E-state index in [1.165, 1.54) is 70.6 Å². The van der Waals surface area contributed by atoms with E-state index in [1.807, 2.05) is 0 Å². The van der Waals surface area contributed by atoms with Crippen molar-refractivity contribution in [1.82, 2.24) is 0 Å². The normalized spacial score (nSPS) is 14.3. The summed E-state index contributed by atoms with van der Waals surface area (Å²) in [5.41, 5.74) is 0. The van der Waals surface area contributed by atoms with Crippen LogP contribution in [-0.4, -0.2) is 65.7 Å². The van der Waals surface area contributed by atoms with Crippen molar-refractivity contribution >= 4 is 19.8 Å². The van der Waals surface area contributed by atoms with Crippen LogP contribution in [0.5, 0.6) is 0 Å². The zero-order valence-electron chi connectivity index (χ0n) is 30.9. The molecule has 49 heavy (non-hydrogen) atoms. The molecule has 0 aliphatic rings. The number of rotatable bonds is 36. The summed E-state index contributed by atoms with van der Waals surface area (Å²) in [6.45, 7) is 2.29. The maximum atomic E-state index is 12.5. The number of carbonyl (C=O) groups is 2. The number of hydrogen-bond donors (Lipinski definition) is 3. The number of carbonyl (C=O) groups excluding carboxylic acids is 2. The largest absolute Gasteiger partial charge is 0.472 e. The van der Waals surface area contributed by atoms with Gasteiger partial charge in [0, 0.05) is 12.8 Å². The van der Waals surface area contributed by atoms with E-state index in [2.05, 4.69) is 42.7 Å². The third-order valence-corrected chi connectivity index (χ3v) is 9.03. The standard InChI is InChI=1S/C38H71O10P/c1-3-5-7-9-11-13-15-16-17-18-20-22-24-26-28-30-38(42)48-36(34-47-49(43,44)46-32-35(40)31-39)33-45-37(41)29-27-25-23-21-19-14-12-10-8-6-4-2/h9-12,35-36,39-40H,3-8,13-34H2,1-2H3,(H,43,44)/b11-9+,12-10+/t35-,36+/m0/s1. The summed E-state index contributed by atoms with van der Waals surface area (Å²) < 4.78 is 32.6. The van der Waals surface area contributed by atoms with Crippen LogP contribution in [0.25, 0.3) is 0 Å². The average molecular weight is 719 g/mol. The smallest absolute Gasteiger partial charge is 0.462 e. The monoisotopic (exact) mass is 718 g/mol. The lowest BCUT2D eigenvalue weighted by atomic mass is 10.1. The fourth-order valence-corrected chi connectivity index (χ4v) is 5.80. The third kappa shape index (κ3) is 34.7. The molecule has 0 rings (SSSR count).